The maximum absolute atomic E-state index is 12.8. The molecule has 0 spiro atoms. The molecule has 1 N–H and O–H groups in total. The van der Waals surface area contributed by atoms with E-state index in [4.69, 9.17) is 4.74 Å². The van der Waals surface area contributed by atoms with Crippen molar-refractivity contribution in [3.05, 3.63) is 24.3 Å². The number of piperidine rings is 1. The van der Waals surface area contributed by atoms with E-state index in [2.05, 4.69) is 5.32 Å². The van der Waals surface area contributed by atoms with E-state index in [9.17, 15) is 18.0 Å². The standard InChI is InChI=1S/C18H25N3O5S/c1-3-21-17(22)12-16(18(21)23)19-13-8-10-20(11-9-13)27(24,25)15-6-4-14(26-2)5-7-15/h4-7,13,16,19H,3,8-12H2,1-2H3/t16-/m1/s1. The summed E-state index contributed by atoms with van der Waals surface area (Å²) in [6.45, 7) is 2.91. The number of amides is 2. The van der Waals surface area contributed by atoms with E-state index in [1.807, 2.05) is 0 Å². The third-order valence-electron chi connectivity index (χ3n) is 5.15. The molecule has 0 saturated carbocycles. The number of carbonyl (C=O) groups excluding carboxylic acids is 2. The van der Waals surface area contributed by atoms with Crippen LogP contribution in [0.3, 0.4) is 0 Å². The van der Waals surface area contributed by atoms with Gasteiger partial charge < -0.3 is 10.1 Å². The minimum Gasteiger partial charge on any atom is -0.497 e. The molecule has 3 rings (SSSR count). The fourth-order valence-corrected chi connectivity index (χ4v) is 5.06. The van der Waals surface area contributed by atoms with Gasteiger partial charge in [-0.2, -0.15) is 4.31 Å². The zero-order valence-corrected chi connectivity index (χ0v) is 16.4. The highest BCUT2D eigenvalue weighted by molar-refractivity contribution is 7.89. The Morgan fingerprint density at radius 1 is 1.15 bits per heavy atom. The molecule has 2 saturated heterocycles. The van der Waals surface area contributed by atoms with Crippen LogP contribution in [0.25, 0.3) is 0 Å². The summed E-state index contributed by atoms with van der Waals surface area (Å²) >= 11 is 0. The van der Waals surface area contributed by atoms with Gasteiger partial charge in [0.1, 0.15) is 5.75 Å². The second-order valence-electron chi connectivity index (χ2n) is 6.75. The van der Waals surface area contributed by atoms with Gasteiger partial charge in [-0.25, -0.2) is 8.42 Å². The van der Waals surface area contributed by atoms with Gasteiger partial charge in [0.25, 0.3) is 0 Å². The molecule has 9 heteroatoms. The average Bonchev–Trinajstić information content (AvgIpc) is 2.94. The van der Waals surface area contributed by atoms with E-state index >= 15 is 0 Å². The van der Waals surface area contributed by atoms with E-state index in [0.29, 0.717) is 38.2 Å². The first-order valence-corrected chi connectivity index (χ1v) is 10.5. The number of carbonyl (C=O) groups is 2. The zero-order valence-electron chi connectivity index (χ0n) is 15.6. The molecule has 2 amide bonds. The van der Waals surface area contributed by atoms with E-state index in [1.165, 1.54) is 16.3 Å². The Hall–Kier alpha value is -1.97. The highest BCUT2D eigenvalue weighted by Gasteiger charge is 2.39. The summed E-state index contributed by atoms with van der Waals surface area (Å²) in [7, 11) is -2.02. The van der Waals surface area contributed by atoms with Crippen LogP contribution in [0.1, 0.15) is 26.2 Å². The van der Waals surface area contributed by atoms with Crippen LogP contribution in [0, 0.1) is 0 Å². The van der Waals surface area contributed by atoms with Gasteiger partial charge in [0.2, 0.25) is 21.8 Å². The second kappa shape index (κ2) is 7.95. The normalized spacial score (nSPS) is 22.4. The van der Waals surface area contributed by atoms with Crippen LogP contribution in [0.15, 0.2) is 29.2 Å². The number of ether oxygens (including phenoxy) is 1. The fraction of sp³-hybridized carbons (Fsp3) is 0.556. The molecule has 2 aliphatic rings. The molecule has 1 aromatic carbocycles. The number of imide groups is 1. The average molecular weight is 395 g/mol. The SMILES string of the molecule is CCN1C(=O)C[C@@H](NC2CCN(S(=O)(=O)c3ccc(OC)cc3)CC2)C1=O. The highest BCUT2D eigenvalue weighted by Crippen LogP contribution is 2.24. The molecular formula is C18H25N3O5S. The van der Waals surface area contributed by atoms with Crippen molar-refractivity contribution in [1.82, 2.24) is 14.5 Å². The predicted octanol–water partition coefficient (Wildman–Crippen LogP) is 0.585. The van der Waals surface area contributed by atoms with Gasteiger partial charge >= 0.3 is 0 Å². The number of rotatable bonds is 6. The monoisotopic (exact) mass is 395 g/mol. The minimum absolute atomic E-state index is 0.0193. The first kappa shape index (κ1) is 19.8. The molecule has 2 fully saturated rings. The molecule has 2 aliphatic heterocycles. The van der Waals surface area contributed by atoms with Gasteiger partial charge in [-0.1, -0.05) is 0 Å². The topological polar surface area (TPSA) is 96.0 Å². The number of sulfonamides is 1. The van der Waals surface area contributed by atoms with Crippen LogP contribution in [0.5, 0.6) is 5.75 Å². The predicted molar refractivity (Wildman–Crippen MR) is 98.7 cm³/mol. The molecule has 0 radical (unpaired) electrons. The van der Waals surface area contributed by atoms with Crippen molar-refractivity contribution >= 4 is 21.8 Å². The van der Waals surface area contributed by atoms with Crippen LogP contribution in [-0.4, -0.2) is 68.3 Å². The Morgan fingerprint density at radius 2 is 1.78 bits per heavy atom. The number of likely N-dealkylation sites (tertiary alicyclic amines) is 1. The first-order valence-electron chi connectivity index (χ1n) is 9.11. The van der Waals surface area contributed by atoms with E-state index in [1.54, 1.807) is 31.2 Å². The summed E-state index contributed by atoms with van der Waals surface area (Å²) in [5, 5.41) is 3.24. The van der Waals surface area contributed by atoms with Gasteiger partial charge in [-0.05, 0) is 44.0 Å². The van der Waals surface area contributed by atoms with Gasteiger partial charge in [0.05, 0.1) is 24.5 Å². The smallest absolute Gasteiger partial charge is 0.246 e. The lowest BCUT2D eigenvalue weighted by Crippen LogP contribution is -2.49. The quantitative estimate of drug-likeness (QED) is 0.708. The lowest BCUT2D eigenvalue weighted by molar-refractivity contribution is -0.138. The Kier molecular flexibility index (Phi) is 5.83. The molecule has 2 heterocycles. The molecule has 1 atom stereocenters. The molecule has 1 aromatic rings. The lowest BCUT2D eigenvalue weighted by atomic mass is 10.1. The number of hydrogen-bond acceptors (Lipinski definition) is 6. The first-order chi connectivity index (χ1) is 12.9. The van der Waals surface area contributed by atoms with Crippen LogP contribution in [-0.2, 0) is 19.6 Å². The van der Waals surface area contributed by atoms with Gasteiger partial charge in [-0.3, -0.25) is 14.5 Å². The maximum Gasteiger partial charge on any atom is 0.246 e. The van der Waals surface area contributed by atoms with Gasteiger partial charge in [0, 0.05) is 25.7 Å². The molecule has 148 valence electrons. The number of hydrogen-bond donors (Lipinski definition) is 1. The lowest BCUT2D eigenvalue weighted by Gasteiger charge is -2.32. The van der Waals surface area contributed by atoms with E-state index in [-0.39, 0.29) is 29.2 Å². The number of nitrogens with one attached hydrogen (secondary N) is 1. The van der Waals surface area contributed by atoms with Crippen LogP contribution in [0.2, 0.25) is 0 Å². The van der Waals surface area contributed by atoms with Gasteiger partial charge in [0.15, 0.2) is 0 Å². The Labute approximate surface area is 159 Å². The number of benzene rings is 1. The summed E-state index contributed by atoms with van der Waals surface area (Å²) in [6, 6.07) is 5.87. The van der Waals surface area contributed by atoms with Crippen molar-refractivity contribution in [3.63, 3.8) is 0 Å². The third-order valence-corrected chi connectivity index (χ3v) is 7.06. The maximum atomic E-state index is 12.8. The van der Waals surface area contributed by atoms with Crippen molar-refractivity contribution in [2.75, 3.05) is 26.7 Å². The molecule has 0 bridgehead atoms. The summed E-state index contributed by atoms with van der Waals surface area (Å²) in [5.74, 6) is 0.268. The molecular weight excluding hydrogens is 370 g/mol. The minimum atomic E-state index is -3.55. The van der Waals surface area contributed by atoms with Crippen LogP contribution >= 0.6 is 0 Å². The number of likely N-dealkylation sites (N-methyl/N-ethyl adjacent to an activating group) is 1. The van der Waals surface area contributed by atoms with Crippen molar-refractivity contribution in [3.8, 4) is 5.75 Å². The van der Waals surface area contributed by atoms with Crippen molar-refractivity contribution in [1.29, 1.82) is 0 Å². The molecule has 27 heavy (non-hydrogen) atoms. The van der Waals surface area contributed by atoms with Crippen molar-refractivity contribution < 1.29 is 22.7 Å². The van der Waals surface area contributed by atoms with Gasteiger partial charge in [-0.15, -0.1) is 0 Å². The third kappa shape index (κ3) is 3.99. The largest absolute Gasteiger partial charge is 0.497 e. The Morgan fingerprint density at radius 3 is 2.30 bits per heavy atom. The van der Waals surface area contributed by atoms with E-state index in [0.717, 1.165) is 0 Å². The fourth-order valence-electron chi connectivity index (χ4n) is 3.59. The molecule has 8 nitrogen and oxygen atoms in total. The Balaban J connectivity index is 1.58. The van der Waals surface area contributed by atoms with Crippen molar-refractivity contribution in [2.24, 2.45) is 0 Å². The second-order valence-corrected chi connectivity index (χ2v) is 8.69. The summed E-state index contributed by atoms with van der Waals surface area (Å²) < 4.78 is 32.1. The number of nitrogens with zero attached hydrogens (tertiary/aromatic N) is 2. The zero-order chi connectivity index (χ0) is 19.6. The number of methoxy groups -OCH3 is 1. The molecule has 0 aromatic heterocycles. The Bertz CT molecular complexity index is 801. The summed E-state index contributed by atoms with van der Waals surface area (Å²) in [6.07, 6.45) is 1.37. The molecule has 0 unspecified atom stereocenters. The summed E-state index contributed by atoms with van der Waals surface area (Å²) in [4.78, 5) is 25.5. The van der Waals surface area contributed by atoms with E-state index < -0.39 is 16.1 Å². The van der Waals surface area contributed by atoms with Crippen LogP contribution in [0.4, 0.5) is 0 Å². The van der Waals surface area contributed by atoms with Crippen molar-refractivity contribution in [2.45, 2.75) is 43.2 Å². The van der Waals surface area contributed by atoms with Crippen LogP contribution < -0.4 is 10.1 Å². The molecule has 0 aliphatic carbocycles. The summed E-state index contributed by atoms with van der Waals surface area (Å²) in [5.41, 5.74) is 0. The highest BCUT2D eigenvalue weighted by atomic mass is 32.2.